The summed E-state index contributed by atoms with van der Waals surface area (Å²) in [6.45, 7) is 1.81. The maximum atomic E-state index is 11.0. The number of rotatable bonds is 5. The number of methoxy groups -OCH3 is 1. The van der Waals surface area contributed by atoms with E-state index in [1.807, 2.05) is 6.92 Å². The standard InChI is InChI=1S/C9H17ClO3S/c1-9(13-2,7-14(10,11)12)6-8-4-3-5-8/h8H,3-7H2,1-2H3. The maximum absolute atomic E-state index is 11.0. The van der Waals surface area contributed by atoms with E-state index in [2.05, 4.69) is 0 Å². The fourth-order valence-corrected chi connectivity index (χ4v) is 3.53. The number of hydrogen-bond acceptors (Lipinski definition) is 3. The van der Waals surface area contributed by atoms with Gasteiger partial charge in [-0.2, -0.15) is 0 Å². The predicted octanol–water partition coefficient (Wildman–Crippen LogP) is 2.15. The van der Waals surface area contributed by atoms with E-state index in [4.69, 9.17) is 15.4 Å². The van der Waals surface area contributed by atoms with E-state index in [-0.39, 0.29) is 5.75 Å². The van der Waals surface area contributed by atoms with Gasteiger partial charge >= 0.3 is 0 Å². The Hall–Kier alpha value is 0.200. The van der Waals surface area contributed by atoms with Crippen LogP contribution in [0.3, 0.4) is 0 Å². The van der Waals surface area contributed by atoms with Crippen LogP contribution in [0, 0.1) is 5.92 Å². The first-order valence-corrected chi connectivity index (χ1v) is 7.30. The minimum Gasteiger partial charge on any atom is -0.377 e. The Bertz CT molecular complexity index is 284. The van der Waals surface area contributed by atoms with Crippen LogP contribution in [0.5, 0.6) is 0 Å². The van der Waals surface area contributed by atoms with Gasteiger partial charge in [0.15, 0.2) is 0 Å². The molecule has 14 heavy (non-hydrogen) atoms. The highest BCUT2D eigenvalue weighted by Gasteiger charge is 2.34. The van der Waals surface area contributed by atoms with Gasteiger partial charge in [-0.3, -0.25) is 0 Å². The second-order valence-corrected chi connectivity index (χ2v) is 7.12. The largest absolute Gasteiger partial charge is 0.377 e. The van der Waals surface area contributed by atoms with Gasteiger partial charge in [0.05, 0.1) is 11.4 Å². The van der Waals surface area contributed by atoms with Crippen molar-refractivity contribution in [3.05, 3.63) is 0 Å². The minimum absolute atomic E-state index is 0.103. The molecule has 0 aliphatic heterocycles. The highest BCUT2D eigenvalue weighted by Crippen LogP contribution is 2.35. The first-order valence-electron chi connectivity index (χ1n) is 4.82. The molecule has 0 aromatic heterocycles. The van der Waals surface area contributed by atoms with Gasteiger partial charge in [0.2, 0.25) is 9.05 Å². The fraction of sp³-hybridized carbons (Fsp3) is 1.00. The second kappa shape index (κ2) is 4.37. The zero-order chi connectivity index (χ0) is 10.8. The van der Waals surface area contributed by atoms with Crippen LogP contribution in [-0.4, -0.2) is 26.9 Å². The number of ether oxygens (including phenoxy) is 1. The molecule has 1 unspecified atom stereocenters. The molecule has 0 radical (unpaired) electrons. The van der Waals surface area contributed by atoms with Crippen LogP contribution >= 0.6 is 10.7 Å². The normalized spacial score (nSPS) is 22.8. The summed E-state index contributed by atoms with van der Waals surface area (Å²) in [5.41, 5.74) is -0.619. The molecule has 1 atom stereocenters. The topological polar surface area (TPSA) is 43.4 Å². The lowest BCUT2D eigenvalue weighted by atomic mass is 9.78. The van der Waals surface area contributed by atoms with Crippen LogP contribution < -0.4 is 0 Å². The Morgan fingerprint density at radius 2 is 2.07 bits per heavy atom. The van der Waals surface area contributed by atoms with Gasteiger partial charge in [-0.1, -0.05) is 19.3 Å². The zero-order valence-electron chi connectivity index (χ0n) is 8.62. The molecule has 1 saturated carbocycles. The first kappa shape index (κ1) is 12.3. The van der Waals surface area contributed by atoms with Crippen LogP contribution in [0.25, 0.3) is 0 Å². The quantitative estimate of drug-likeness (QED) is 0.692. The average molecular weight is 241 g/mol. The lowest BCUT2D eigenvalue weighted by Crippen LogP contribution is -2.38. The Labute approximate surface area is 90.2 Å². The summed E-state index contributed by atoms with van der Waals surface area (Å²) >= 11 is 0. The van der Waals surface area contributed by atoms with E-state index >= 15 is 0 Å². The van der Waals surface area contributed by atoms with E-state index in [1.54, 1.807) is 7.11 Å². The Morgan fingerprint density at radius 1 is 1.50 bits per heavy atom. The highest BCUT2D eigenvalue weighted by molar-refractivity contribution is 8.13. The third kappa shape index (κ3) is 3.75. The lowest BCUT2D eigenvalue weighted by Gasteiger charge is -2.35. The van der Waals surface area contributed by atoms with Gasteiger partial charge < -0.3 is 4.74 Å². The lowest BCUT2D eigenvalue weighted by molar-refractivity contribution is -0.00495. The van der Waals surface area contributed by atoms with Gasteiger partial charge in [-0.25, -0.2) is 8.42 Å². The summed E-state index contributed by atoms with van der Waals surface area (Å²) in [6.07, 6.45) is 4.40. The number of halogens is 1. The zero-order valence-corrected chi connectivity index (χ0v) is 10.2. The first-order chi connectivity index (χ1) is 6.35. The molecule has 3 nitrogen and oxygen atoms in total. The second-order valence-electron chi connectivity index (χ2n) is 4.34. The molecule has 0 heterocycles. The summed E-state index contributed by atoms with van der Waals surface area (Å²) in [5.74, 6) is 0.507. The summed E-state index contributed by atoms with van der Waals surface area (Å²) in [4.78, 5) is 0. The van der Waals surface area contributed by atoms with Gasteiger partial charge in [-0.05, 0) is 19.3 Å². The van der Waals surface area contributed by atoms with Gasteiger partial charge in [0.1, 0.15) is 0 Å². The minimum atomic E-state index is -3.48. The molecule has 1 fully saturated rings. The summed E-state index contributed by atoms with van der Waals surface area (Å²) in [6, 6.07) is 0. The molecule has 1 rings (SSSR count). The van der Waals surface area contributed by atoms with Crippen molar-refractivity contribution in [2.75, 3.05) is 12.9 Å². The molecular weight excluding hydrogens is 224 g/mol. The van der Waals surface area contributed by atoms with Crippen LogP contribution in [0.15, 0.2) is 0 Å². The molecule has 5 heteroatoms. The Kier molecular flexibility index (Phi) is 3.83. The van der Waals surface area contributed by atoms with E-state index in [9.17, 15) is 8.42 Å². The third-order valence-electron chi connectivity index (χ3n) is 2.92. The monoisotopic (exact) mass is 240 g/mol. The summed E-state index contributed by atoms with van der Waals surface area (Å²) in [7, 11) is 3.30. The predicted molar refractivity (Wildman–Crippen MR) is 57.0 cm³/mol. The third-order valence-corrected chi connectivity index (χ3v) is 4.20. The molecule has 0 bridgehead atoms. The Balaban J connectivity index is 2.55. The van der Waals surface area contributed by atoms with Crippen molar-refractivity contribution in [1.82, 2.24) is 0 Å². The molecule has 0 N–H and O–H groups in total. The van der Waals surface area contributed by atoms with Crippen LogP contribution in [0.2, 0.25) is 0 Å². The number of hydrogen-bond donors (Lipinski definition) is 0. The Morgan fingerprint density at radius 3 is 2.36 bits per heavy atom. The van der Waals surface area contributed by atoms with Crippen molar-refractivity contribution in [2.24, 2.45) is 5.92 Å². The highest BCUT2D eigenvalue weighted by atomic mass is 35.7. The average Bonchev–Trinajstić information content (AvgIpc) is 1.94. The fourth-order valence-electron chi connectivity index (χ4n) is 1.87. The smallest absolute Gasteiger partial charge is 0.235 e. The molecule has 1 aliphatic rings. The molecule has 0 spiro atoms. The van der Waals surface area contributed by atoms with E-state index < -0.39 is 14.7 Å². The molecule has 1 aliphatic carbocycles. The van der Waals surface area contributed by atoms with Crippen molar-refractivity contribution >= 4 is 19.7 Å². The maximum Gasteiger partial charge on any atom is 0.235 e. The SMILES string of the molecule is COC(C)(CC1CCC1)CS(=O)(=O)Cl. The van der Waals surface area contributed by atoms with E-state index in [0.717, 1.165) is 6.42 Å². The van der Waals surface area contributed by atoms with Crippen molar-refractivity contribution in [3.8, 4) is 0 Å². The molecule has 0 aromatic carbocycles. The summed E-state index contributed by atoms with van der Waals surface area (Å²) in [5, 5.41) is 0. The van der Waals surface area contributed by atoms with E-state index in [1.165, 1.54) is 19.3 Å². The molecule has 0 saturated heterocycles. The van der Waals surface area contributed by atoms with Crippen molar-refractivity contribution < 1.29 is 13.2 Å². The van der Waals surface area contributed by atoms with Gasteiger partial charge in [-0.15, -0.1) is 0 Å². The van der Waals surface area contributed by atoms with E-state index in [0.29, 0.717) is 5.92 Å². The molecule has 0 amide bonds. The van der Waals surface area contributed by atoms with Crippen LogP contribution in [0.4, 0.5) is 0 Å². The van der Waals surface area contributed by atoms with Crippen molar-refractivity contribution in [1.29, 1.82) is 0 Å². The summed E-state index contributed by atoms with van der Waals surface area (Å²) < 4.78 is 27.2. The molecular formula is C9H17ClO3S. The van der Waals surface area contributed by atoms with Crippen molar-refractivity contribution in [2.45, 2.75) is 38.2 Å². The van der Waals surface area contributed by atoms with Crippen LogP contribution in [-0.2, 0) is 13.8 Å². The van der Waals surface area contributed by atoms with Gasteiger partial charge in [0, 0.05) is 17.8 Å². The van der Waals surface area contributed by atoms with Crippen LogP contribution in [0.1, 0.15) is 32.6 Å². The van der Waals surface area contributed by atoms with Gasteiger partial charge in [0.25, 0.3) is 0 Å². The molecule has 0 aromatic rings. The van der Waals surface area contributed by atoms with Crippen molar-refractivity contribution in [3.63, 3.8) is 0 Å². The molecule has 84 valence electrons.